The smallest absolute Gasteiger partial charge is 0.192 e. The van der Waals surface area contributed by atoms with Crippen LogP contribution in [0.5, 0.6) is 0 Å². The lowest BCUT2D eigenvalue weighted by atomic mass is 9.87. The highest BCUT2D eigenvalue weighted by atomic mass is 31.2. The van der Waals surface area contributed by atoms with E-state index in [0.717, 1.165) is 16.2 Å². The van der Waals surface area contributed by atoms with Crippen LogP contribution in [0.4, 0.5) is 4.39 Å². The largest absolute Gasteiger partial charge is 0.413 e. The van der Waals surface area contributed by atoms with E-state index < -0.39 is 21.6 Å². The van der Waals surface area contributed by atoms with Crippen LogP contribution >= 0.6 is 7.14 Å². The summed E-state index contributed by atoms with van der Waals surface area (Å²) in [6.07, 6.45) is 1.96. The highest BCUT2D eigenvalue weighted by molar-refractivity contribution is 7.78. The van der Waals surface area contributed by atoms with Crippen LogP contribution in [-0.2, 0) is 8.99 Å². The Labute approximate surface area is 194 Å². The molecule has 0 aliphatic heterocycles. The summed E-state index contributed by atoms with van der Waals surface area (Å²) in [5, 5.41) is 1.69. The molecule has 1 saturated carbocycles. The van der Waals surface area contributed by atoms with Gasteiger partial charge in [0.2, 0.25) is 0 Å². The van der Waals surface area contributed by atoms with Crippen LogP contribution in [0.25, 0.3) is 0 Å². The first-order chi connectivity index (χ1) is 14.9. The Hall–Kier alpha value is -1.74. The minimum Gasteiger partial charge on any atom is -0.413 e. The maximum absolute atomic E-state index is 14.9. The predicted octanol–water partition coefficient (Wildman–Crippen LogP) is 7.01. The number of halogens is 1. The number of hydrogen-bond acceptors (Lipinski definition) is 2. The molecule has 0 saturated heterocycles. The van der Waals surface area contributed by atoms with Gasteiger partial charge in [-0.05, 0) is 35.7 Å². The lowest BCUT2D eigenvalue weighted by Gasteiger charge is -2.41. The molecule has 0 heterocycles. The Morgan fingerprint density at radius 2 is 1.56 bits per heavy atom. The van der Waals surface area contributed by atoms with Crippen LogP contribution in [0, 0.1) is 0 Å². The van der Waals surface area contributed by atoms with Crippen LogP contribution in [0.2, 0.25) is 18.1 Å². The third-order valence-electron chi connectivity index (χ3n) is 6.92. The van der Waals surface area contributed by atoms with Crippen LogP contribution in [0.3, 0.4) is 0 Å². The van der Waals surface area contributed by atoms with E-state index in [4.69, 9.17) is 4.43 Å². The fourth-order valence-corrected chi connectivity index (χ4v) is 7.74. The van der Waals surface area contributed by atoms with Gasteiger partial charge in [-0.2, -0.15) is 0 Å². The van der Waals surface area contributed by atoms with Gasteiger partial charge in [-0.3, -0.25) is 0 Å². The van der Waals surface area contributed by atoms with Crippen molar-refractivity contribution < 1.29 is 13.4 Å². The molecule has 1 aliphatic rings. The highest BCUT2D eigenvalue weighted by Gasteiger charge is 2.41. The molecule has 1 aliphatic carbocycles. The SMILES string of the molecule is C=C1C(=CCP(=O)(c2ccccc2)c2ccccc2)CC(O[Si](C)(C)C(C)(C)C)CC1F. The molecule has 1 fully saturated rings. The minimum atomic E-state index is -2.90. The lowest BCUT2D eigenvalue weighted by Crippen LogP contribution is -2.45. The maximum atomic E-state index is 14.9. The van der Waals surface area contributed by atoms with Crippen molar-refractivity contribution >= 4 is 26.1 Å². The fraction of sp³-hybridized carbons (Fsp3) is 0.407. The van der Waals surface area contributed by atoms with Crippen molar-refractivity contribution in [2.24, 2.45) is 0 Å². The summed E-state index contributed by atoms with van der Waals surface area (Å²) in [6.45, 7) is 15.0. The fourth-order valence-electron chi connectivity index (χ4n) is 3.87. The number of benzene rings is 2. The minimum absolute atomic E-state index is 0.0630. The molecule has 3 rings (SSSR count). The molecule has 5 heteroatoms. The standard InChI is InChI=1S/C27H36FO2PSi/c1-21-22(19-23(20-26(21)28)30-32(5,6)27(2,3)4)17-18-31(29,24-13-9-7-10-14-24)25-15-11-8-12-16-25/h7-17,23,26H,1,18-20H2,2-6H3. The zero-order chi connectivity index (χ0) is 23.6. The molecule has 2 aromatic carbocycles. The third kappa shape index (κ3) is 5.42. The van der Waals surface area contributed by atoms with Crippen molar-refractivity contribution in [3.05, 3.63) is 84.5 Å². The van der Waals surface area contributed by atoms with Gasteiger partial charge in [-0.15, -0.1) is 0 Å². The molecule has 0 radical (unpaired) electrons. The van der Waals surface area contributed by atoms with Crippen molar-refractivity contribution in [1.82, 2.24) is 0 Å². The molecule has 2 atom stereocenters. The second-order valence-electron chi connectivity index (χ2n) is 10.3. The van der Waals surface area contributed by atoms with Crippen molar-refractivity contribution in [3.63, 3.8) is 0 Å². The van der Waals surface area contributed by atoms with Gasteiger partial charge in [0, 0.05) is 23.2 Å². The van der Waals surface area contributed by atoms with E-state index in [0.29, 0.717) is 24.6 Å². The Morgan fingerprint density at radius 1 is 1.06 bits per heavy atom. The molecule has 0 aromatic heterocycles. The lowest BCUT2D eigenvalue weighted by molar-refractivity contribution is 0.131. The summed E-state index contributed by atoms with van der Waals surface area (Å²) >= 11 is 0. The van der Waals surface area contributed by atoms with Gasteiger partial charge >= 0.3 is 0 Å². The van der Waals surface area contributed by atoms with Gasteiger partial charge in [-0.25, -0.2) is 4.39 Å². The summed E-state index contributed by atoms with van der Waals surface area (Å²) in [7, 11) is -4.91. The molecule has 2 aromatic rings. The quantitative estimate of drug-likeness (QED) is 0.335. The Morgan fingerprint density at radius 3 is 2.03 bits per heavy atom. The van der Waals surface area contributed by atoms with Crippen molar-refractivity contribution in [3.8, 4) is 0 Å². The van der Waals surface area contributed by atoms with E-state index in [1.54, 1.807) is 0 Å². The zero-order valence-corrected chi connectivity index (χ0v) is 21.9. The van der Waals surface area contributed by atoms with E-state index in [2.05, 4.69) is 40.4 Å². The maximum Gasteiger partial charge on any atom is 0.192 e. The molecule has 32 heavy (non-hydrogen) atoms. The van der Waals surface area contributed by atoms with E-state index in [1.807, 2.05) is 66.7 Å². The highest BCUT2D eigenvalue weighted by Crippen LogP contribution is 2.45. The van der Waals surface area contributed by atoms with E-state index in [1.165, 1.54) is 0 Å². The van der Waals surface area contributed by atoms with Crippen molar-refractivity contribution in [2.45, 2.75) is 64.0 Å². The van der Waals surface area contributed by atoms with Gasteiger partial charge in [0.25, 0.3) is 0 Å². The second-order valence-corrected chi connectivity index (χ2v) is 17.9. The van der Waals surface area contributed by atoms with E-state index in [-0.39, 0.29) is 11.1 Å². The molecule has 172 valence electrons. The van der Waals surface area contributed by atoms with Gasteiger partial charge in [0.15, 0.2) is 8.32 Å². The molecule has 0 spiro atoms. The van der Waals surface area contributed by atoms with Crippen LogP contribution < -0.4 is 10.6 Å². The number of alkyl halides is 1. The van der Waals surface area contributed by atoms with Crippen molar-refractivity contribution in [2.75, 3.05) is 6.16 Å². The average molecular weight is 471 g/mol. The van der Waals surface area contributed by atoms with Crippen LogP contribution in [0.15, 0.2) is 84.5 Å². The summed E-state index contributed by atoms with van der Waals surface area (Å²) in [4.78, 5) is 0. The van der Waals surface area contributed by atoms with E-state index >= 15 is 0 Å². The van der Waals surface area contributed by atoms with Gasteiger partial charge in [0.05, 0.1) is 6.10 Å². The number of allylic oxidation sites excluding steroid dienone is 2. The predicted molar refractivity (Wildman–Crippen MR) is 138 cm³/mol. The molecule has 0 bridgehead atoms. The molecule has 0 N–H and O–H groups in total. The summed E-state index contributed by atoms with van der Waals surface area (Å²) in [5.74, 6) is 0. The Balaban J connectivity index is 1.90. The molecule has 0 amide bonds. The Bertz CT molecular complexity index is 965. The zero-order valence-electron chi connectivity index (χ0n) is 20.0. The summed E-state index contributed by atoms with van der Waals surface area (Å²) in [5.41, 5.74) is 1.35. The van der Waals surface area contributed by atoms with Gasteiger partial charge in [-0.1, -0.05) is 94.1 Å². The van der Waals surface area contributed by atoms with Gasteiger partial charge < -0.3 is 8.99 Å². The number of hydrogen-bond donors (Lipinski definition) is 0. The molecular formula is C27H36FO2PSi. The molecular weight excluding hydrogens is 434 g/mol. The van der Waals surface area contributed by atoms with Gasteiger partial charge in [0.1, 0.15) is 13.3 Å². The number of rotatable bonds is 6. The normalized spacial score (nSPS) is 21.7. The topological polar surface area (TPSA) is 26.3 Å². The first-order valence-electron chi connectivity index (χ1n) is 11.3. The van der Waals surface area contributed by atoms with Crippen LogP contribution in [0.1, 0.15) is 33.6 Å². The first kappa shape index (κ1) is 24.9. The van der Waals surface area contributed by atoms with E-state index in [9.17, 15) is 8.96 Å². The van der Waals surface area contributed by atoms with Crippen molar-refractivity contribution in [1.29, 1.82) is 0 Å². The average Bonchev–Trinajstić information content (AvgIpc) is 2.75. The summed E-state index contributed by atoms with van der Waals surface area (Å²) < 4.78 is 35.8. The first-order valence-corrected chi connectivity index (χ1v) is 16.1. The monoisotopic (exact) mass is 470 g/mol. The Kier molecular flexibility index (Phi) is 7.49. The van der Waals surface area contributed by atoms with Crippen LogP contribution in [-0.4, -0.2) is 26.8 Å². The second kappa shape index (κ2) is 9.63. The summed E-state index contributed by atoms with van der Waals surface area (Å²) in [6, 6.07) is 19.2. The third-order valence-corrected chi connectivity index (χ3v) is 14.4. The molecule has 2 unspecified atom stereocenters. The molecule has 2 nitrogen and oxygen atoms in total.